The third-order valence-electron chi connectivity index (χ3n) is 4.81. The van der Waals surface area contributed by atoms with Crippen LogP contribution in [0.15, 0.2) is 24.3 Å². The SMILES string of the molecule is CC[NH+](CC(=O)Nc1ccc(NC(C)=O)cc1)CC(=O)N1CCC[C@H](C)C1. The summed E-state index contributed by atoms with van der Waals surface area (Å²) in [4.78, 5) is 38.8. The van der Waals surface area contributed by atoms with Gasteiger partial charge in [-0.05, 0) is 49.9 Å². The zero-order valence-corrected chi connectivity index (χ0v) is 16.5. The molecule has 2 atom stereocenters. The first-order valence-electron chi connectivity index (χ1n) is 9.66. The molecule has 1 aliphatic heterocycles. The predicted molar refractivity (Wildman–Crippen MR) is 106 cm³/mol. The van der Waals surface area contributed by atoms with E-state index in [-0.39, 0.29) is 24.3 Å². The molecule has 3 amide bonds. The van der Waals surface area contributed by atoms with Crippen molar-refractivity contribution in [3.05, 3.63) is 24.3 Å². The summed E-state index contributed by atoms with van der Waals surface area (Å²) in [5.74, 6) is 0.420. The van der Waals surface area contributed by atoms with E-state index in [0.29, 0.717) is 30.4 Å². The average Bonchev–Trinajstić information content (AvgIpc) is 2.62. The number of anilines is 2. The highest BCUT2D eigenvalue weighted by atomic mass is 16.2. The number of nitrogens with zero attached hydrogens (tertiary/aromatic N) is 1. The molecule has 1 aromatic rings. The Morgan fingerprint density at radius 1 is 1.11 bits per heavy atom. The van der Waals surface area contributed by atoms with E-state index in [9.17, 15) is 14.4 Å². The maximum absolute atomic E-state index is 12.5. The quantitative estimate of drug-likeness (QED) is 0.658. The van der Waals surface area contributed by atoms with Gasteiger partial charge in [-0.15, -0.1) is 0 Å². The summed E-state index contributed by atoms with van der Waals surface area (Å²) in [6, 6.07) is 6.97. The van der Waals surface area contributed by atoms with E-state index in [1.807, 2.05) is 11.8 Å². The minimum absolute atomic E-state index is 0.126. The lowest BCUT2D eigenvalue weighted by molar-refractivity contribution is -0.882. The number of hydrogen-bond donors (Lipinski definition) is 3. The number of piperidine rings is 1. The monoisotopic (exact) mass is 375 g/mol. The Morgan fingerprint density at radius 3 is 2.30 bits per heavy atom. The van der Waals surface area contributed by atoms with Gasteiger partial charge in [0.15, 0.2) is 13.1 Å². The lowest BCUT2D eigenvalue weighted by Crippen LogP contribution is -3.14. The van der Waals surface area contributed by atoms with Crippen LogP contribution in [-0.4, -0.2) is 55.3 Å². The normalized spacial score (nSPS) is 17.9. The smallest absolute Gasteiger partial charge is 0.279 e. The molecular formula is C20H31N4O3+. The van der Waals surface area contributed by atoms with E-state index >= 15 is 0 Å². The lowest BCUT2D eigenvalue weighted by atomic mass is 10.0. The van der Waals surface area contributed by atoms with Crippen molar-refractivity contribution in [1.82, 2.24) is 4.90 Å². The Hall–Kier alpha value is -2.41. The molecule has 0 aromatic heterocycles. The fraction of sp³-hybridized carbons (Fsp3) is 0.550. The van der Waals surface area contributed by atoms with Gasteiger partial charge in [-0.25, -0.2) is 0 Å². The van der Waals surface area contributed by atoms with Gasteiger partial charge >= 0.3 is 0 Å². The number of rotatable bonds is 7. The van der Waals surface area contributed by atoms with Crippen LogP contribution in [-0.2, 0) is 14.4 Å². The van der Waals surface area contributed by atoms with Crippen molar-refractivity contribution < 1.29 is 19.3 Å². The van der Waals surface area contributed by atoms with Gasteiger partial charge in [-0.1, -0.05) is 6.92 Å². The van der Waals surface area contributed by atoms with Crippen LogP contribution >= 0.6 is 0 Å². The van der Waals surface area contributed by atoms with Crippen LogP contribution < -0.4 is 15.5 Å². The molecular weight excluding hydrogens is 344 g/mol. The number of likely N-dealkylation sites (N-methyl/N-ethyl adjacent to an activating group) is 1. The van der Waals surface area contributed by atoms with Gasteiger partial charge in [-0.2, -0.15) is 0 Å². The first-order chi connectivity index (χ1) is 12.9. The van der Waals surface area contributed by atoms with Crippen molar-refractivity contribution >= 4 is 29.1 Å². The maximum atomic E-state index is 12.5. The number of benzene rings is 1. The van der Waals surface area contributed by atoms with Gasteiger partial charge in [0.25, 0.3) is 11.8 Å². The molecule has 7 nitrogen and oxygen atoms in total. The molecule has 148 valence electrons. The highest BCUT2D eigenvalue weighted by Crippen LogP contribution is 2.15. The Bertz CT molecular complexity index is 660. The second-order valence-corrected chi connectivity index (χ2v) is 7.35. The molecule has 3 N–H and O–H groups in total. The number of hydrogen-bond acceptors (Lipinski definition) is 3. The molecule has 1 aliphatic rings. The summed E-state index contributed by atoms with van der Waals surface area (Å²) in [7, 11) is 0. The second kappa shape index (κ2) is 10.1. The van der Waals surface area contributed by atoms with Gasteiger partial charge in [0.2, 0.25) is 5.91 Å². The standard InChI is InChI=1S/C20H30N4O3/c1-4-23(14-20(27)24-11-5-6-15(2)12-24)13-19(26)22-18-9-7-17(8-10-18)21-16(3)25/h7-10,15H,4-6,11-14H2,1-3H3,(H,21,25)(H,22,26)/p+1/t15-/m0/s1. The minimum atomic E-state index is -0.137. The van der Waals surface area contributed by atoms with Crippen molar-refractivity contribution in [1.29, 1.82) is 0 Å². The molecule has 0 bridgehead atoms. The van der Waals surface area contributed by atoms with Crippen LogP contribution in [0, 0.1) is 5.92 Å². The van der Waals surface area contributed by atoms with E-state index in [1.165, 1.54) is 13.3 Å². The third-order valence-corrected chi connectivity index (χ3v) is 4.81. The summed E-state index contributed by atoms with van der Waals surface area (Å²) in [6.45, 7) is 8.56. The zero-order valence-electron chi connectivity index (χ0n) is 16.5. The first kappa shape index (κ1) is 20.9. The molecule has 1 fully saturated rings. The van der Waals surface area contributed by atoms with E-state index in [4.69, 9.17) is 0 Å². The number of likely N-dealkylation sites (tertiary alicyclic amines) is 1. The molecule has 0 saturated carbocycles. The first-order valence-corrected chi connectivity index (χ1v) is 9.66. The zero-order chi connectivity index (χ0) is 19.8. The molecule has 1 unspecified atom stereocenters. The van der Waals surface area contributed by atoms with E-state index in [0.717, 1.165) is 24.4 Å². The summed E-state index contributed by atoms with van der Waals surface area (Å²) < 4.78 is 0. The molecule has 0 aliphatic carbocycles. The van der Waals surface area contributed by atoms with Crippen molar-refractivity contribution in [3.63, 3.8) is 0 Å². The third kappa shape index (κ3) is 7.02. The molecule has 0 radical (unpaired) electrons. The summed E-state index contributed by atoms with van der Waals surface area (Å²) >= 11 is 0. The van der Waals surface area contributed by atoms with E-state index in [1.54, 1.807) is 24.3 Å². The molecule has 1 saturated heterocycles. The Balaban J connectivity index is 1.83. The lowest BCUT2D eigenvalue weighted by Gasteiger charge is -2.31. The van der Waals surface area contributed by atoms with Gasteiger partial charge in [-0.3, -0.25) is 14.4 Å². The van der Waals surface area contributed by atoms with Gasteiger partial charge in [0, 0.05) is 31.4 Å². The fourth-order valence-corrected chi connectivity index (χ4v) is 3.33. The van der Waals surface area contributed by atoms with Crippen LogP contribution in [0.1, 0.15) is 33.6 Å². The van der Waals surface area contributed by atoms with Crippen molar-refractivity contribution in [2.75, 3.05) is 43.4 Å². The van der Waals surface area contributed by atoms with Crippen molar-refractivity contribution in [3.8, 4) is 0 Å². The molecule has 1 heterocycles. The predicted octanol–water partition coefficient (Wildman–Crippen LogP) is 0.747. The Kier molecular flexibility index (Phi) is 7.79. The topological polar surface area (TPSA) is 83.0 Å². The van der Waals surface area contributed by atoms with Crippen molar-refractivity contribution in [2.45, 2.75) is 33.6 Å². The number of carbonyl (C=O) groups excluding carboxylic acids is 3. The van der Waals surface area contributed by atoms with E-state index in [2.05, 4.69) is 17.6 Å². The van der Waals surface area contributed by atoms with Crippen LogP contribution in [0.3, 0.4) is 0 Å². The Morgan fingerprint density at radius 2 is 1.74 bits per heavy atom. The minimum Gasteiger partial charge on any atom is -0.338 e. The Labute approximate surface area is 161 Å². The fourth-order valence-electron chi connectivity index (χ4n) is 3.33. The van der Waals surface area contributed by atoms with E-state index < -0.39 is 0 Å². The largest absolute Gasteiger partial charge is 0.338 e. The number of nitrogens with one attached hydrogen (secondary N) is 3. The van der Waals surface area contributed by atoms with Crippen LogP contribution in [0.4, 0.5) is 11.4 Å². The maximum Gasteiger partial charge on any atom is 0.279 e. The average molecular weight is 375 g/mol. The second-order valence-electron chi connectivity index (χ2n) is 7.35. The summed E-state index contributed by atoms with van der Waals surface area (Å²) in [5.41, 5.74) is 1.35. The van der Waals surface area contributed by atoms with Crippen LogP contribution in [0.2, 0.25) is 0 Å². The van der Waals surface area contributed by atoms with Gasteiger partial charge in [0.05, 0.1) is 6.54 Å². The molecule has 1 aromatic carbocycles. The van der Waals surface area contributed by atoms with Gasteiger partial charge in [0.1, 0.15) is 0 Å². The van der Waals surface area contributed by atoms with Crippen LogP contribution in [0.25, 0.3) is 0 Å². The highest BCUT2D eigenvalue weighted by molar-refractivity contribution is 5.92. The molecule has 0 spiro atoms. The number of amides is 3. The molecule has 7 heteroatoms. The van der Waals surface area contributed by atoms with Crippen LogP contribution in [0.5, 0.6) is 0 Å². The van der Waals surface area contributed by atoms with Crippen molar-refractivity contribution in [2.24, 2.45) is 5.92 Å². The summed E-state index contributed by atoms with van der Waals surface area (Å²) in [5, 5.41) is 5.53. The highest BCUT2D eigenvalue weighted by Gasteiger charge is 2.25. The molecule has 2 rings (SSSR count). The van der Waals surface area contributed by atoms with Gasteiger partial charge < -0.3 is 20.4 Å². The number of carbonyl (C=O) groups is 3. The molecule has 27 heavy (non-hydrogen) atoms. The summed E-state index contributed by atoms with van der Waals surface area (Å²) in [6.07, 6.45) is 2.24. The number of quaternary nitrogens is 1.